The Morgan fingerprint density at radius 1 is 0.694 bits per heavy atom. The van der Waals surface area contributed by atoms with Gasteiger partial charge in [-0.1, -0.05) is 48.5 Å². The molecule has 0 heterocycles. The Morgan fingerprint density at radius 2 is 1.08 bits per heavy atom. The lowest BCUT2D eigenvalue weighted by molar-refractivity contribution is -0.123. The Labute approximate surface area is 207 Å². The summed E-state index contributed by atoms with van der Waals surface area (Å²) in [6.45, 7) is -0.569. The number of hydrogen-bond donors (Lipinski definition) is 2. The van der Waals surface area contributed by atoms with Gasteiger partial charge in [0.25, 0.3) is 11.8 Å². The summed E-state index contributed by atoms with van der Waals surface area (Å²) in [6.07, 6.45) is 2.92. The van der Waals surface area contributed by atoms with Gasteiger partial charge in [-0.2, -0.15) is 20.7 Å². The maximum Gasteiger partial charge on any atom is 0.277 e. The van der Waals surface area contributed by atoms with Gasteiger partial charge in [-0.05, 0) is 35.4 Å². The molecule has 0 saturated heterocycles. The quantitative estimate of drug-likeness (QED) is 0.336. The average molecular weight is 480 g/mol. The van der Waals surface area contributed by atoms with Crippen molar-refractivity contribution in [2.45, 2.75) is 0 Å². The topological polar surface area (TPSA) is 149 Å². The van der Waals surface area contributed by atoms with Crippen LogP contribution in [0.5, 0.6) is 11.5 Å². The van der Waals surface area contributed by atoms with E-state index < -0.39 is 11.8 Å². The molecular formula is C26H20N6O4. The highest BCUT2D eigenvalue weighted by atomic mass is 16.5. The Balaban J connectivity index is 1.40. The number of rotatable bonds is 10. The molecule has 0 aliphatic heterocycles. The number of nitrogens with one attached hydrogen (secondary N) is 2. The molecule has 10 heteroatoms. The van der Waals surface area contributed by atoms with Crippen molar-refractivity contribution in [3.8, 4) is 23.6 Å². The highest BCUT2D eigenvalue weighted by Crippen LogP contribution is 2.17. The number of nitrogens with zero attached hydrogens (tertiary/aromatic N) is 4. The van der Waals surface area contributed by atoms with E-state index in [4.69, 9.17) is 20.0 Å². The van der Waals surface area contributed by atoms with Crippen molar-refractivity contribution in [2.24, 2.45) is 10.2 Å². The van der Waals surface area contributed by atoms with Crippen LogP contribution in [-0.2, 0) is 9.59 Å². The monoisotopic (exact) mass is 480 g/mol. The second-order valence-electron chi connectivity index (χ2n) is 7.05. The van der Waals surface area contributed by atoms with E-state index in [-0.39, 0.29) is 13.2 Å². The minimum absolute atomic E-state index is 0.285. The van der Waals surface area contributed by atoms with Crippen LogP contribution in [0.25, 0.3) is 0 Å². The van der Waals surface area contributed by atoms with Gasteiger partial charge in [-0.25, -0.2) is 10.9 Å². The molecule has 2 N–H and O–H groups in total. The fraction of sp³-hybridized carbons (Fsp3) is 0.0769. The number of amides is 2. The van der Waals surface area contributed by atoms with Crippen LogP contribution >= 0.6 is 0 Å². The van der Waals surface area contributed by atoms with Crippen LogP contribution in [0.3, 0.4) is 0 Å². The van der Waals surface area contributed by atoms with Crippen molar-refractivity contribution in [3.63, 3.8) is 0 Å². The van der Waals surface area contributed by atoms with Gasteiger partial charge in [0.2, 0.25) is 0 Å². The zero-order valence-electron chi connectivity index (χ0n) is 18.9. The van der Waals surface area contributed by atoms with E-state index in [1.165, 1.54) is 12.4 Å². The first-order valence-corrected chi connectivity index (χ1v) is 10.6. The molecule has 2 amide bonds. The normalized spacial score (nSPS) is 10.4. The molecule has 0 spiro atoms. The van der Waals surface area contributed by atoms with Gasteiger partial charge in [0.05, 0.1) is 23.6 Å². The van der Waals surface area contributed by atoms with Crippen LogP contribution in [0.4, 0.5) is 0 Å². The van der Waals surface area contributed by atoms with Crippen LogP contribution in [0.15, 0.2) is 83.0 Å². The molecule has 3 aromatic rings. The molecule has 0 unspecified atom stereocenters. The first-order chi connectivity index (χ1) is 17.6. The molecule has 0 aliphatic carbocycles. The maximum atomic E-state index is 11.9. The summed E-state index contributed by atoms with van der Waals surface area (Å²) in [7, 11) is 0. The van der Waals surface area contributed by atoms with E-state index in [2.05, 4.69) is 21.1 Å². The standard InChI is InChI=1S/C26H20N6O4/c27-13-21-5-1-3-7-23(21)35-17-25(33)31-29-15-19-9-11-20(12-10-19)16-30-32-26(34)18-36-24-8-4-2-6-22(24)14-28/h1-12,15-16H,17-18H2,(H,31,33)(H,32,34)/b29-15+,30-16+. The largest absolute Gasteiger partial charge is 0.482 e. The number of carbonyl (C=O) groups is 2. The molecule has 3 aromatic carbocycles. The zero-order valence-corrected chi connectivity index (χ0v) is 18.9. The molecule has 0 saturated carbocycles. The Morgan fingerprint density at radius 3 is 1.47 bits per heavy atom. The molecule has 10 nitrogen and oxygen atoms in total. The minimum atomic E-state index is -0.474. The molecule has 36 heavy (non-hydrogen) atoms. The Kier molecular flexibility index (Phi) is 9.28. The van der Waals surface area contributed by atoms with Crippen LogP contribution in [0, 0.1) is 22.7 Å². The van der Waals surface area contributed by atoms with Gasteiger partial charge in [-0.15, -0.1) is 0 Å². The molecule has 3 rings (SSSR count). The summed E-state index contributed by atoms with van der Waals surface area (Å²) in [4.78, 5) is 23.8. The SMILES string of the molecule is N#Cc1ccccc1OCC(=O)N/N=C/c1ccc(/C=N/NC(=O)COc2ccccc2C#N)cc1. The summed E-state index contributed by atoms with van der Waals surface area (Å²) in [5.41, 5.74) is 6.82. The highest BCUT2D eigenvalue weighted by Gasteiger charge is 2.06. The van der Waals surface area contributed by atoms with Crippen molar-refractivity contribution >= 4 is 24.2 Å². The lowest BCUT2D eigenvalue weighted by atomic mass is 10.2. The predicted octanol–water partition coefficient (Wildman–Crippen LogP) is 2.49. The number of ether oxygens (including phenoxy) is 2. The molecule has 0 radical (unpaired) electrons. The lowest BCUT2D eigenvalue weighted by Crippen LogP contribution is -2.24. The molecule has 0 fully saturated rings. The second kappa shape index (κ2) is 13.3. The molecule has 0 aliphatic rings. The average Bonchev–Trinajstić information content (AvgIpc) is 2.92. The number of hydrogen-bond acceptors (Lipinski definition) is 8. The van der Waals surface area contributed by atoms with E-state index in [9.17, 15) is 9.59 Å². The van der Waals surface area contributed by atoms with E-state index in [1.807, 2.05) is 12.1 Å². The third-order valence-corrected chi connectivity index (χ3v) is 4.47. The van der Waals surface area contributed by atoms with Crippen molar-refractivity contribution in [1.82, 2.24) is 10.9 Å². The minimum Gasteiger partial charge on any atom is -0.482 e. The van der Waals surface area contributed by atoms with Gasteiger partial charge in [0, 0.05) is 0 Å². The Bertz CT molecular complexity index is 1250. The number of nitriles is 2. The third kappa shape index (κ3) is 7.83. The summed E-state index contributed by atoms with van der Waals surface area (Å²) in [5, 5.41) is 25.8. The first-order valence-electron chi connectivity index (χ1n) is 10.6. The predicted molar refractivity (Wildman–Crippen MR) is 131 cm³/mol. The number of para-hydroxylation sites is 2. The summed E-state index contributed by atoms with van der Waals surface area (Å²) in [6, 6.07) is 24.2. The van der Waals surface area contributed by atoms with E-state index in [0.717, 1.165) is 11.1 Å². The molecule has 0 atom stereocenters. The lowest BCUT2D eigenvalue weighted by Gasteiger charge is -2.06. The van der Waals surface area contributed by atoms with Crippen molar-refractivity contribution in [2.75, 3.05) is 13.2 Å². The van der Waals surface area contributed by atoms with Gasteiger partial charge >= 0.3 is 0 Å². The fourth-order valence-electron chi connectivity index (χ4n) is 2.75. The van der Waals surface area contributed by atoms with E-state index in [0.29, 0.717) is 22.6 Å². The van der Waals surface area contributed by atoms with Crippen LogP contribution in [0.1, 0.15) is 22.3 Å². The number of hydrazone groups is 2. The van der Waals surface area contributed by atoms with Crippen molar-refractivity contribution in [1.29, 1.82) is 10.5 Å². The Hall–Kier alpha value is -5.48. The second-order valence-corrected chi connectivity index (χ2v) is 7.05. The molecule has 0 bridgehead atoms. The zero-order chi connectivity index (χ0) is 25.6. The smallest absolute Gasteiger partial charge is 0.277 e. The molecule has 178 valence electrons. The molecular weight excluding hydrogens is 460 g/mol. The van der Waals surface area contributed by atoms with Gasteiger partial charge in [0.15, 0.2) is 13.2 Å². The third-order valence-electron chi connectivity index (χ3n) is 4.47. The summed E-state index contributed by atoms with van der Waals surface area (Å²) in [5.74, 6) is -0.300. The van der Waals surface area contributed by atoms with Crippen LogP contribution in [-0.4, -0.2) is 37.5 Å². The maximum absolute atomic E-state index is 11.9. The number of carbonyl (C=O) groups excluding carboxylic acids is 2. The van der Waals surface area contributed by atoms with Crippen LogP contribution < -0.4 is 20.3 Å². The van der Waals surface area contributed by atoms with Crippen LogP contribution in [0.2, 0.25) is 0 Å². The first kappa shape index (κ1) is 25.1. The highest BCUT2D eigenvalue weighted by molar-refractivity contribution is 5.86. The van der Waals surface area contributed by atoms with Gasteiger partial charge < -0.3 is 9.47 Å². The fourth-order valence-corrected chi connectivity index (χ4v) is 2.75. The molecule has 0 aromatic heterocycles. The van der Waals surface area contributed by atoms with Gasteiger partial charge in [-0.3, -0.25) is 9.59 Å². The summed E-state index contributed by atoms with van der Waals surface area (Å²) >= 11 is 0. The number of benzene rings is 3. The summed E-state index contributed by atoms with van der Waals surface area (Å²) < 4.78 is 10.7. The van der Waals surface area contributed by atoms with Gasteiger partial charge in [0.1, 0.15) is 23.6 Å². The van der Waals surface area contributed by atoms with Crippen molar-refractivity contribution in [3.05, 3.63) is 95.1 Å². The van der Waals surface area contributed by atoms with Crippen molar-refractivity contribution < 1.29 is 19.1 Å². The van der Waals surface area contributed by atoms with E-state index >= 15 is 0 Å². The van der Waals surface area contributed by atoms with E-state index in [1.54, 1.807) is 72.8 Å².